The molecule has 1 aromatic rings. The molecule has 0 amide bonds. The fraction of sp³-hybridized carbons (Fsp3) is 0.722. The molecule has 2 saturated heterocycles. The van der Waals surface area contributed by atoms with E-state index in [0.29, 0.717) is 45.2 Å². The summed E-state index contributed by atoms with van der Waals surface area (Å²) in [6.07, 6.45) is 4.59. The molecule has 146 valence electrons. The molecule has 0 radical (unpaired) electrons. The van der Waals surface area contributed by atoms with Crippen molar-refractivity contribution < 1.29 is 13.2 Å². The minimum atomic E-state index is -3.40. The standard InChI is InChI=1S/C18H30N4O3S/c1-16-13-18(6-7-19-16)20-8-4-10-21(12-11-20)26(23,24)22-9-3-5-17(14-22)15-25-2/h6-7,13,17H,3-5,8-12,14-15H2,1-2H3. The fourth-order valence-electron chi connectivity index (χ4n) is 3.88. The zero-order valence-electron chi connectivity index (χ0n) is 15.8. The SMILES string of the molecule is COCC1CCCN(S(=O)(=O)N2CCCN(c3ccnc(C)c3)CC2)C1. The van der Waals surface area contributed by atoms with E-state index < -0.39 is 10.2 Å². The Kier molecular flexibility index (Phi) is 6.50. The quantitative estimate of drug-likeness (QED) is 0.772. The first kappa shape index (κ1) is 19.5. The topological polar surface area (TPSA) is 66.0 Å². The van der Waals surface area contributed by atoms with Crippen molar-refractivity contribution in [2.75, 3.05) is 57.9 Å². The van der Waals surface area contributed by atoms with Crippen LogP contribution in [-0.4, -0.2) is 75.0 Å². The number of ether oxygens (including phenoxy) is 1. The first-order chi connectivity index (χ1) is 12.5. The number of rotatable bonds is 5. The summed E-state index contributed by atoms with van der Waals surface area (Å²) in [7, 11) is -1.72. The molecule has 1 unspecified atom stereocenters. The second kappa shape index (κ2) is 8.65. The number of hydrogen-bond donors (Lipinski definition) is 0. The molecule has 0 bridgehead atoms. The van der Waals surface area contributed by atoms with Crippen LogP contribution in [0.2, 0.25) is 0 Å². The third-order valence-corrected chi connectivity index (χ3v) is 7.24. The molecule has 7 nitrogen and oxygen atoms in total. The summed E-state index contributed by atoms with van der Waals surface area (Å²) in [6.45, 7) is 6.46. The van der Waals surface area contributed by atoms with E-state index in [9.17, 15) is 8.42 Å². The monoisotopic (exact) mass is 382 g/mol. The highest BCUT2D eigenvalue weighted by atomic mass is 32.2. The molecule has 2 fully saturated rings. The lowest BCUT2D eigenvalue weighted by Crippen LogP contribution is -2.49. The van der Waals surface area contributed by atoms with Crippen LogP contribution in [0.4, 0.5) is 5.69 Å². The van der Waals surface area contributed by atoms with Crippen molar-refractivity contribution in [3.63, 3.8) is 0 Å². The van der Waals surface area contributed by atoms with Crippen molar-refractivity contribution in [3.05, 3.63) is 24.0 Å². The van der Waals surface area contributed by atoms with Gasteiger partial charge in [-0.15, -0.1) is 0 Å². The van der Waals surface area contributed by atoms with Crippen LogP contribution in [0.5, 0.6) is 0 Å². The van der Waals surface area contributed by atoms with Gasteiger partial charge in [0, 0.05) is 64.0 Å². The maximum absolute atomic E-state index is 13.1. The van der Waals surface area contributed by atoms with E-state index in [1.165, 1.54) is 0 Å². The number of anilines is 1. The van der Waals surface area contributed by atoms with Crippen LogP contribution >= 0.6 is 0 Å². The molecule has 26 heavy (non-hydrogen) atoms. The lowest BCUT2D eigenvalue weighted by atomic mass is 10.0. The molecule has 3 rings (SSSR count). The summed E-state index contributed by atoms with van der Waals surface area (Å²) in [5, 5.41) is 0. The minimum absolute atomic E-state index is 0.298. The summed E-state index contributed by atoms with van der Waals surface area (Å²) in [6, 6.07) is 4.06. The van der Waals surface area contributed by atoms with E-state index in [1.54, 1.807) is 15.7 Å². The van der Waals surface area contributed by atoms with Crippen LogP contribution in [0.25, 0.3) is 0 Å². The van der Waals surface area contributed by atoms with Crippen LogP contribution in [0.15, 0.2) is 18.3 Å². The predicted molar refractivity (Wildman–Crippen MR) is 102 cm³/mol. The third kappa shape index (κ3) is 4.54. The molecule has 0 spiro atoms. The number of aromatic nitrogens is 1. The lowest BCUT2D eigenvalue weighted by Gasteiger charge is -2.35. The maximum Gasteiger partial charge on any atom is 0.282 e. The molecular weight excluding hydrogens is 352 g/mol. The molecule has 8 heteroatoms. The van der Waals surface area contributed by atoms with Crippen LogP contribution in [-0.2, 0) is 14.9 Å². The van der Waals surface area contributed by atoms with Gasteiger partial charge in [-0.25, -0.2) is 0 Å². The first-order valence-corrected chi connectivity index (χ1v) is 10.8. The van der Waals surface area contributed by atoms with Gasteiger partial charge in [-0.1, -0.05) is 0 Å². The van der Waals surface area contributed by atoms with Gasteiger partial charge in [-0.05, 0) is 44.2 Å². The second-order valence-electron chi connectivity index (χ2n) is 7.22. The number of methoxy groups -OCH3 is 1. The van der Waals surface area contributed by atoms with E-state index in [-0.39, 0.29) is 0 Å². The van der Waals surface area contributed by atoms with Crippen LogP contribution in [0.3, 0.4) is 0 Å². The van der Waals surface area contributed by atoms with Crippen molar-refractivity contribution in [3.8, 4) is 0 Å². The molecule has 0 N–H and O–H groups in total. The summed E-state index contributed by atoms with van der Waals surface area (Å²) in [5.74, 6) is 0.298. The summed E-state index contributed by atoms with van der Waals surface area (Å²) in [4.78, 5) is 6.50. The van der Waals surface area contributed by atoms with Gasteiger partial charge in [0.05, 0.1) is 6.61 Å². The number of aryl methyl sites for hydroxylation is 1. The summed E-state index contributed by atoms with van der Waals surface area (Å²) < 4.78 is 34.8. The fourth-order valence-corrected chi connectivity index (χ4v) is 5.64. The highest BCUT2D eigenvalue weighted by molar-refractivity contribution is 7.86. The van der Waals surface area contributed by atoms with Gasteiger partial charge in [-0.2, -0.15) is 17.0 Å². The molecule has 1 atom stereocenters. The number of nitrogens with zero attached hydrogens (tertiary/aromatic N) is 4. The van der Waals surface area contributed by atoms with Gasteiger partial charge in [0.15, 0.2) is 0 Å². The van der Waals surface area contributed by atoms with Crippen LogP contribution in [0, 0.1) is 12.8 Å². The molecule has 0 aliphatic carbocycles. The number of pyridine rings is 1. The Bertz CT molecular complexity index is 695. The molecule has 2 aliphatic rings. The largest absolute Gasteiger partial charge is 0.384 e. The van der Waals surface area contributed by atoms with E-state index in [2.05, 4.69) is 16.0 Å². The average molecular weight is 383 g/mol. The van der Waals surface area contributed by atoms with Crippen molar-refractivity contribution in [2.45, 2.75) is 26.2 Å². The lowest BCUT2D eigenvalue weighted by molar-refractivity contribution is 0.116. The van der Waals surface area contributed by atoms with Gasteiger partial charge in [0.25, 0.3) is 10.2 Å². The van der Waals surface area contributed by atoms with Gasteiger partial charge in [0.1, 0.15) is 0 Å². The van der Waals surface area contributed by atoms with Crippen LogP contribution in [0.1, 0.15) is 25.0 Å². The molecule has 3 heterocycles. The Morgan fingerprint density at radius 1 is 1.15 bits per heavy atom. The van der Waals surface area contributed by atoms with Crippen LogP contribution < -0.4 is 4.90 Å². The highest BCUT2D eigenvalue weighted by Crippen LogP contribution is 2.23. The van der Waals surface area contributed by atoms with E-state index in [0.717, 1.165) is 37.2 Å². The summed E-state index contributed by atoms with van der Waals surface area (Å²) in [5.41, 5.74) is 2.10. The van der Waals surface area contributed by atoms with Gasteiger partial charge < -0.3 is 9.64 Å². The van der Waals surface area contributed by atoms with E-state index >= 15 is 0 Å². The molecule has 2 aliphatic heterocycles. The number of hydrogen-bond acceptors (Lipinski definition) is 5. The normalized spacial score (nSPS) is 23.8. The Labute approximate surface area is 157 Å². The maximum atomic E-state index is 13.1. The van der Waals surface area contributed by atoms with Crippen molar-refractivity contribution in [1.29, 1.82) is 0 Å². The zero-order valence-corrected chi connectivity index (χ0v) is 16.6. The average Bonchev–Trinajstić information content (AvgIpc) is 2.89. The van der Waals surface area contributed by atoms with Gasteiger partial charge in [-0.3, -0.25) is 4.98 Å². The third-order valence-electron chi connectivity index (χ3n) is 5.24. The Morgan fingerprint density at radius 2 is 1.96 bits per heavy atom. The van der Waals surface area contributed by atoms with E-state index in [1.807, 2.05) is 19.2 Å². The summed E-state index contributed by atoms with van der Waals surface area (Å²) >= 11 is 0. The molecule has 0 aromatic carbocycles. The van der Waals surface area contributed by atoms with Crippen molar-refractivity contribution >= 4 is 15.9 Å². The first-order valence-electron chi connectivity index (χ1n) is 9.42. The van der Waals surface area contributed by atoms with Crippen molar-refractivity contribution in [2.24, 2.45) is 5.92 Å². The Balaban J connectivity index is 1.66. The van der Waals surface area contributed by atoms with E-state index in [4.69, 9.17) is 4.74 Å². The van der Waals surface area contributed by atoms with Gasteiger partial charge in [0.2, 0.25) is 0 Å². The molecular formula is C18H30N4O3S. The molecule has 0 saturated carbocycles. The Hall–Kier alpha value is -1.22. The second-order valence-corrected chi connectivity index (χ2v) is 9.15. The zero-order chi connectivity index (χ0) is 18.6. The van der Waals surface area contributed by atoms with Crippen molar-refractivity contribution in [1.82, 2.24) is 13.6 Å². The highest BCUT2D eigenvalue weighted by Gasteiger charge is 2.34. The predicted octanol–water partition coefficient (Wildman–Crippen LogP) is 1.51. The Morgan fingerprint density at radius 3 is 2.73 bits per heavy atom. The van der Waals surface area contributed by atoms with Gasteiger partial charge >= 0.3 is 0 Å². The molecule has 1 aromatic heterocycles. The minimum Gasteiger partial charge on any atom is -0.384 e. The smallest absolute Gasteiger partial charge is 0.282 e. The number of piperidine rings is 1.